The Bertz CT molecular complexity index is 1260. The van der Waals surface area contributed by atoms with Crippen molar-refractivity contribution in [2.24, 2.45) is 0 Å². The molecule has 3 aromatic rings. The first-order chi connectivity index (χ1) is 16.3. The summed E-state index contributed by atoms with van der Waals surface area (Å²) >= 11 is 5.90. The molecule has 3 amide bonds. The van der Waals surface area contributed by atoms with Crippen LogP contribution in [0.4, 0.5) is 11.4 Å². The third-order valence-electron chi connectivity index (χ3n) is 6.13. The molecule has 34 heavy (non-hydrogen) atoms. The van der Waals surface area contributed by atoms with Crippen LogP contribution in [0.15, 0.2) is 66.7 Å². The number of benzene rings is 3. The lowest BCUT2D eigenvalue weighted by molar-refractivity contribution is -0.131. The summed E-state index contributed by atoms with van der Waals surface area (Å²) in [5.41, 5.74) is 10.5. The van der Waals surface area contributed by atoms with Gasteiger partial charge in [-0.3, -0.25) is 14.4 Å². The second kappa shape index (κ2) is 9.69. The van der Waals surface area contributed by atoms with Crippen LogP contribution in [0.2, 0.25) is 5.02 Å². The molecule has 0 fully saturated rings. The van der Waals surface area contributed by atoms with E-state index in [-0.39, 0.29) is 18.2 Å². The van der Waals surface area contributed by atoms with E-state index in [1.54, 1.807) is 44.2 Å². The highest BCUT2D eigenvalue weighted by Gasteiger charge is 2.37. The predicted octanol–water partition coefficient (Wildman–Crippen LogP) is 4.70. The molecule has 0 aromatic heterocycles. The minimum Gasteiger partial charge on any atom is -0.398 e. The molecule has 2 atom stereocenters. The number of aryl methyl sites for hydroxylation is 1. The van der Waals surface area contributed by atoms with Gasteiger partial charge in [0.05, 0.1) is 11.6 Å². The molecule has 1 aliphatic rings. The number of rotatable bonds is 5. The molecule has 1 heterocycles. The Kier molecular flexibility index (Phi) is 6.70. The van der Waals surface area contributed by atoms with E-state index < -0.39 is 17.9 Å². The highest BCUT2D eigenvalue weighted by Crippen LogP contribution is 2.44. The maximum atomic E-state index is 13.5. The number of carbonyl (C=O) groups is 3. The lowest BCUT2D eigenvalue weighted by atomic mass is 9.92. The van der Waals surface area contributed by atoms with Gasteiger partial charge in [0.1, 0.15) is 6.04 Å². The van der Waals surface area contributed by atoms with E-state index in [0.717, 1.165) is 16.7 Å². The van der Waals surface area contributed by atoms with Gasteiger partial charge in [-0.05, 0) is 61.2 Å². The summed E-state index contributed by atoms with van der Waals surface area (Å²) in [4.78, 5) is 40.7. The lowest BCUT2D eigenvalue weighted by Crippen LogP contribution is -2.50. The zero-order valence-corrected chi connectivity index (χ0v) is 19.8. The molecule has 1 unspecified atom stereocenters. The van der Waals surface area contributed by atoms with Crippen LogP contribution in [0.25, 0.3) is 11.1 Å². The summed E-state index contributed by atoms with van der Waals surface area (Å²) < 4.78 is 0. The molecule has 0 saturated carbocycles. The number of hydrogen-bond donors (Lipinski definition) is 2. The van der Waals surface area contributed by atoms with Gasteiger partial charge in [-0.15, -0.1) is 0 Å². The first kappa shape index (κ1) is 23.5. The van der Waals surface area contributed by atoms with Gasteiger partial charge < -0.3 is 11.1 Å². The van der Waals surface area contributed by atoms with Gasteiger partial charge >= 0.3 is 0 Å². The molecule has 0 aliphatic carbocycles. The Labute approximate surface area is 203 Å². The molecule has 6 nitrogen and oxygen atoms in total. The Morgan fingerprint density at radius 1 is 1.06 bits per heavy atom. The molecule has 4 rings (SSSR count). The number of fused-ring (bicyclic) bond motifs is 3. The molecule has 0 radical (unpaired) electrons. The SMILES string of the molecule is CC1C(=O)N(C(=O)[C@H](C)NC(=O)CCc2ccc(Cl)cc2)c2cccc(N)c2-c2ccccc21. The molecular weight excluding hydrogens is 450 g/mol. The van der Waals surface area contributed by atoms with Gasteiger partial charge in [0, 0.05) is 22.7 Å². The number of hydrogen-bond acceptors (Lipinski definition) is 4. The van der Waals surface area contributed by atoms with Crippen molar-refractivity contribution in [1.29, 1.82) is 0 Å². The number of carbonyl (C=O) groups excluding carboxylic acids is 3. The number of amides is 3. The summed E-state index contributed by atoms with van der Waals surface area (Å²) in [5.74, 6) is -1.69. The third-order valence-corrected chi connectivity index (χ3v) is 6.38. The van der Waals surface area contributed by atoms with E-state index >= 15 is 0 Å². The van der Waals surface area contributed by atoms with Crippen LogP contribution in [-0.4, -0.2) is 23.8 Å². The quantitative estimate of drug-likeness (QED) is 0.523. The zero-order chi connectivity index (χ0) is 24.4. The summed E-state index contributed by atoms with van der Waals surface area (Å²) in [6.45, 7) is 3.36. The van der Waals surface area contributed by atoms with Crippen molar-refractivity contribution >= 4 is 40.7 Å². The van der Waals surface area contributed by atoms with Gasteiger partial charge in [0.15, 0.2) is 0 Å². The van der Waals surface area contributed by atoms with Crippen molar-refractivity contribution in [3.63, 3.8) is 0 Å². The van der Waals surface area contributed by atoms with Crippen LogP contribution in [-0.2, 0) is 20.8 Å². The van der Waals surface area contributed by atoms with Gasteiger partial charge in [0.2, 0.25) is 11.8 Å². The van der Waals surface area contributed by atoms with E-state index in [0.29, 0.717) is 28.4 Å². The van der Waals surface area contributed by atoms with E-state index in [2.05, 4.69) is 5.32 Å². The number of nitrogen functional groups attached to an aromatic ring is 1. The molecule has 3 aromatic carbocycles. The number of nitrogens with one attached hydrogen (secondary N) is 1. The van der Waals surface area contributed by atoms with Crippen LogP contribution in [0, 0.1) is 0 Å². The van der Waals surface area contributed by atoms with E-state index in [4.69, 9.17) is 17.3 Å². The molecule has 3 N–H and O–H groups in total. The van der Waals surface area contributed by atoms with E-state index in [1.807, 2.05) is 36.4 Å². The molecule has 0 saturated heterocycles. The van der Waals surface area contributed by atoms with Crippen molar-refractivity contribution in [1.82, 2.24) is 5.32 Å². The minimum absolute atomic E-state index is 0.207. The number of nitrogens with two attached hydrogens (primary N) is 1. The average molecular weight is 476 g/mol. The summed E-state index contributed by atoms with van der Waals surface area (Å²) in [6.07, 6.45) is 0.719. The van der Waals surface area contributed by atoms with Crippen molar-refractivity contribution in [3.05, 3.63) is 82.9 Å². The fourth-order valence-corrected chi connectivity index (χ4v) is 4.42. The smallest absolute Gasteiger partial charge is 0.256 e. The van der Waals surface area contributed by atoms with Crippen molar-refractivity contribution in [2.75, 3.05) is 10.6 Å². The van der Waals surface area contributed by atoms with Crippen LogP contribution in [0.5, 0.6) is 0 Å². The van der Waals surface area contributed by atoms with E-state index in [9.17, 15) is 14.4 Å². The summed E-state index contributed by atoms with van der Waals surface area (Å²) in [7, 11) is 0. The molecule has 7 heteroatoms. The topological polar surface area (TPSA) is 92.5 Å². The Balaban J connectivity index is 1.57. The van der Waals surface area contributed by atoms with Gasteiger partial charge in [-0.25, -0.2) is 4.90 Å². The zero-order valence-electron chi connectivity index (χ0n) is 19.0. The van der Waals surface area contributed by atoms with Gasteiger partial charge in [-0.1, -0.05) is 54.1 Å². The number of halogens is 1. The molecule has 0 spiro atoms. The standard InChI is InChI=1S/C27H26ClN3O3/c1-16-20-6-3-4-7-21(20)25-22(29)8-5-9-23(25)31(26(16)33)27(34)17(2)30-24(32)15-12-18-10-13-19(28)14-11-18/h3-11,13-14,16-17H,12,15,29H2,1-2H3,(H,30,32)/t16?,17-/m0/s1. The van der Waals surface area contributed by atoms with E-state index in [1.165, 1.54) is 4.90 Å². The van der Waals surface area contributed by atoms with Crippen LogP contribution in [0.1, 0.15) is 37.3 Å². The van der Waals surface area contributed by atoms with Crippen molar-refractivity contribution < 1.29 is 14.4 Å². The van der Waals surface area contributed by atoms with Crippen molar-refractivity contribution in [3.8, 4) is 11.1 Å². The highest BCUT2D eigenvalue weighted by molar-refractivity contribution is 6.30. The van der Waals surface area contributed by atoms with Crippen molar-refractivity contribution in [2.45, 2.75) is 38.6 Å². The number of imide groups is 1. The average Bonchev–Trinajstić information content (AvgIpc) is 2.92. The van der Waals surface area contributed by atoms with Gasteiger partial charge in [-0.2, -0.15) is 0 Å². The Morgan fingerprint density at radius 3 is 2.50 bits per heavy atom. The molecule has 1 aliphatic heterocycles. The Morgan fingerprint density at radius 2 is 1.76 bits per heavy atom. The Hall–Kier alpha value is -3.64. The predicted molar refractivity (Wildman–Crippen MR) is 135 cm³/mol. The third kappa shape index (κ3) is 4.54. The molecular formula is C27H26ClN3O3. The molecule has 0 bridgehead atoms. The fourth-order valence-electron chi connectivity index (χ4n) is 4.29. The minimum atomic E-state index is -0.899. The van der Waals surface area contributed by atoms with Crippen LogP contribution < -0.4 is 16.0 Å². The number of anilines is 2. The second-order valence-electron chi connectivity index (χ2n) is 8.48. The first-order valence-electron chi connectivity index (χ1n) is 11.2. The summed E-state index contributed by atoms with van der Waals surface area (Å²) in [5, 5.41) is 3.37. The number of nitrogens with zero attached hydrogens (tertiary/aromatic N) is 1. The maximum Gasteiger partial charge on any atom is 0.256 e. The highest BCUT2D eigenvalue weighted by atomic mass is 35.5. The molecule has 174 valence electrons. The fraction of sp³-hybridized carbons (Fsp3) is 0.222. The second-order valence-corrected chi connectivity index (χ2v) is 8.91. The largest absolute Gasteiger partial charge is 0.398 e. The maximum absolute atomic E-state index is 13.5. The monoisotopic (exact) mass is 475 g/mol. The first-order valence-corrected chi connectivity index (χ1v) is 11.5. The normalized spacial score (nSPS) is 15.7. The summed E-state index contributed by atoms with van der Waals surface area (Å²) in [6, 6.07) is 19.1. The van der Waals surface area contributed by atoms with Crippen LogP contribution >= 0.6 is 11.6 Å². The van der Waals surface area contributed by atoms with Gasteiger partial charge in [0.25, 0.3) is 5.91 Å². The lowest BCUT2D eigenvalue weighted by Gasteiger charge is -2.26. The van der Waals surface area contributed by atoms with Crippen LogP contribution in [0.3, 0.4) is 0 Å².